The number of hydrogen-bond donors (Lipinski definition) is 0. The lowest BCUT2D eigenvalue weighted by atomic mass is 9.89. The molecule has 4 aromatic rings. The van der Waals surface area contributed by atoms with Crippen LogP contribution in [-0.4, -0.2) is 65.4 Å². The summed E-state index contributed by atoms with van der Waals surface area (Å²) >= 11 is 0. The molecule has 0 bridgehead atoms. The van der Waals surface area contributed by atoms with Crippen LogP contribution in [0.2, 0.25) is 0 Å². The lowest BCUT2D eigenvalue weighted by molar-refractivity contribution is -0.132. The molecule has 2 aliphatic heterocycles. The van der Waals surface area contributed by atoms with E-state index in [9.17, 15) is 4.79 Å². The fourth-order valence-corrected chi connectivity index (χ4v) is 5.53. The van der Waals surface area contributed by atoms with Gasteiger partial charge >= 0.3 is 0 Å². The van der Waals surface area contributed by atoms with Gasteiger partial charge in [0.1, 0.15) is 5.82 Å². The maximum Gasteiger partial charge on any atom is 0.234 e. The van der Waals surface area contributed by atoms with Crippen molar-refractivity contribution in [3.05, 3.63) is 113 Å². The van der Waals surface area contributed by atoms with E-state index < -0.39 is 0 Å². The van der Waals surface area contributed by atoms with E-state index in [1.165, 1.54) is 0 Å². The topological polar surface area (TPSA) is 52.6 Å². The summed E-state index contributed by atoms with van der Waals surface area (Å²) in [6.45, 7) is 4.99. The second-order valence-electron chi connectivity index (χ2n) is 10.2. The van der Waals surface area contributed by atoms with Gasteiger partial charge in [0.05, 0.1) is 18.2 Å². The van der Waals surface area contributed by atoms with E-state index in [0.29, 0.717) is 13.1 Å². The van der Waals surface area contributed by atoms with Crippen LogP contribution in [0.5, 0.6) is 0 Å². The summed E-state index contributed by atoms with van der Waals surface area (Å²) < 4.78 is 0. The van der Waals surface area contributed by atoms with Gasteiger partial charge in [-0.15, -0.1) is 0 Å². The highest BCUT2D eigenvalue weighted by molar-refractivity contribution is 5.87. The Morgan fingerprint density at radius 1 is 0.737 bits per heavy atom. The second kappa shape index (κ2) is 10.8. The average Bonchev–Trinajstić information content (AvgIpc) is 2.98. The first kappa shape index (κ1) is 24.3. The van der Waals surface area contributed by atoms with Gasteiger partial charge in [0.25, 0.3) is 0 Å². The van der Waals surface area contributed by atoms with Crippen LogP contribution in [0.15, 0.2) is 91.0 Å². The van der Waals surface area contributed by atoms with E-state index in [2.05, 4.69) is 53.2 Å². The molecule has 0 spiro atoms. The first-order chi connectivity index (χ1) is 18.7. The molecule has 1 fully saturated rings. The molecule has 0 unspecified atom stereocenters. The molecule has 0 atom stereocenters. The number of anilines is 1. The SMILES string of the molecule is CN1CCN(c2nc(-c3ccccc3)nc3c2CN(C(=O)C(c2ccccc2)c2ccccc2)CC3)CC1. The highest BCUT2D eigenvalue weighted by Gasteiger charge is 2.33. The summed E-state index contributed by atoms with van der Waals surface area (Å²) in [5, 5.41) is 0. The Bertz CT molecular complexity index is 1350. The standard InChI is InChI=1S/C32H33N5O/c1-35-19-21-36(22-20-35)31-27-23-37(18-17-28(27)33-30(34-31)26-15-9-4-10-16-26)32(38)29(24-11-5-2-6-12-24)25-13-7-3-8-14-25/h2-16,29H,17-23H2,1H3. The van der Waals surface area contributed by atoms with Crippen LogP contribution < -0.4 is 4.90 Å². The number of piperazine rings is 1. The molecule has 0 saturated carbocycles. The number of amides is 1. The molecule has 1 saturated heterocycles. The van der Waals surface area contributed by atoms with Gasteiger partial charge < -0.3 is 14.7 Å². The minimum absolute atomic E-state index is 0.129. The van der Waals surface area contributed by atoms with Crippen molar-refractivity contribution in [3.8, 4) is 11.4 Å². The highest BCUT2D eigenvalue weighted by atomic mass is 16.2. The molecule has 0 radical (unpaired) electrons. The molecule has 1 amide bonds. The van der Waals surface area contributed by atoms with Crippen molar-refractivity contribution in [2.24, 2.45) is 0 Å². The van der Waals surface area contributed by atoms with Crippen molar-refractivity contribution in [1.29, 1.82) is 0 Å². The maximum atomic E-state index is 14.2. The summed E-state index contributed by atoms with van der Waals surface area (Å²) in [6, 6.07) is 30.5. The Hall–Kier alpha value is -4.03. The molecule has 2 aliphatic rings. The molecule has 192 valence electrons. The second-order valence-corrected chi connectivity index (χ2v) is 10.2. The lowest BCUT2D eigenvalue weighted by Gasteiger charge is -2.37. The molecule has 6 rings (SSSR count). The van der Waals surface area contributed by atoms with E-state index in [1.54, 1.807) is 0 Å². The van der Waals surface area contributed by atoms with Gasteiger partial charge in [-0.3, -0.25) is 4.79 Å². The molecule has 6 heteroatoms. The number of rotatable bonds is 5. The lowest BCUT2D eigenvalue weighted by Crippen LogP contribution is -2.46. The van der Waals surface area contributed by atoms with Crippen LogP contribution in [0, 0.1) is 0 Å². The van der Waals surface area contributed by atoms with Gasteiger partial charge in [-0.1, -0.05) is 91.0 Å². The predicted octanol–water partition coefficient (Wildman–Crippen LogP) is 4.61. The molecule has 38 heavy (non-hydrogen) atoms. The number of aromatic nitrogens is 2. The monoisotopic (exact) mass is 503 g/mol. The van der Waals surface area contributed by atoms with Gasteiger partial charge in [-0.2, -0.15) is 0 Å². The third kappa shape index (κ3) is 4.92. The van der Waals surface area contributed by atoms with Gasteiger partial charge in [-0.25, -0.2) is 9.97 Å². The zero-order chi connectivity index (χ0) is 25.9. The minimum atomic E-state index is -0.337. The highest BCUT2D eigenvalue weighted by Crippen LogP contribution is 2.33. The summed E-state index contributed by atoms with van der Waals surface area (Å²) in [5.74, 6) is 1.54. The summed E-state index contributed by atoms with van der Waals surface area (Å²) in [7, 11) is 2.16. The summed E-state index contributed by atoms with van der Waals surface area (Å²) in [4.78, 5) is 31.1. The number of carbonyl (C=O) groups is 1. The average molecular weight is 504 g/mol. The first-order valence-corrected chi connectivity index (χ1v) is 13.4. The fraction of sp³-hybridized carbons (Fsp3) is 0.281. The summed E-state index contributed by atoms with van der Waals surface area (Å²) in [5.41, 5.74) is 5.22. The van der Waals surface area contributed by atoms with Gasteiger partial charge in [0.2, 0.25) is 5.91 Å². The van der Waals surface area contributed by atoms with Crippen molar-refractivity contribution < 1.29 is 4.79 Å². The molecule has 0 N–H and O–H groups in total. The van der Waals surface area contributed by atoms with E-state index in [0.717, 1.165) is 72.2 Å². The zero-order valence-electron chi connectivity index (χ0n) is 21.8. The Morgan fingerprint density at radius 3 is 1.92 bits per heavy atom. The van der Waals surface area contributed by atoms with Crippen molar-refractivity contribution in [2.75, 3.05) is 44.7 Å². The molecular formula is C32H33N5O. The van der Waals surface area contributed by atoms with Crippen LogP contribution in [-0.2, 0) is 17.8 Å². The summed E-state index contributed by atoms with van der Waals surface area (Å²) in [6.07, 6.45) is 0.723. The third-order valence-electron chi connectivity index (χ3n) is 7.70. The van der Waals surface area contributed by atoms with Gasteiger partial charge in [-0.05, 0) is 18.2 Å². The first-order valence-electron chi connectivity index (χ1n) is 13.4. The normalized spacial score (nSPS) is 15.9. The van der Waals surface area contributed by atoms with Crippen LogP contribution in [0.1, 0.15) is 28.3 Å². The third-order valence-corrected chi connectivity index (χ3v) is 7.70. The Morgan fingerprint density at radius 2 is 1.32 bits per heavy atom. The van der Waals surface area contributed by atoms with Crippen LogP contribution in [0.3, 0.4) is 0 Å². The number of fused-ring (bicyclic) bond motifs is 1. The molecule has 6 nitrogen and oxygen atoms in total. The molecule has 3 aromatic carbocycles. The molecule has 1 aromatic heterocycles. The van der Waals surface area contributed by atoms with Crippen molar-refractivity contribution in [3.63, 3.8) is 0 Å². The number of likely N-dealkylation sites (N-methyl/N-ethyl adjacent to an activating group) is 1. The van der Waals surface area contributed by atoms with E-state index in [1.807, 2.05) is 59.5 Å². The number of hydrogen-bond acceptors (Lipinski definition) is 5. The quantitative estimate of drug-likeness (QED) is 0.398. The van der Waals surface area contributed by atoms with Crippen molar-refractivity contribution in [1.82, 2.24) is 19.8 Å². The van der Waals surface area contributed by atoms with Crippen LogP contribution in [0.4, 0.5) is 5.82 Å². The molecule has 3 heterocycles. The van der Waals surface area contributed by atoms with Crippen LogP contribution in [0.25, 0.3) is 11.4 Å². The molecular weight excluding hydrogens is 470 g/mol. The van der Waals surface area contributed by atoms with E-state index in [4.69, 9.17) is 9.97 Å². The smallest absolute Gasteiger partial charge is 0.234 e. The largest absolute Gasteiger partial charge is 0.354 e. The van der Waals surface area contributed by atoms with Gasteiger partial charge in [0.15, 0.2) is 5.82 Å². The maximum absolute atomic E-state index is 14.2. The minimum Gasteiger partial charge on any atom is -0.354 e. The number of nitrogens with zero attached hydrogens (tertiary/aromatic N) is 5. The zero-order valence-corrected chi connectivity index (χ0v) is 21.8. The fourth-order valence-electron chi connectivity index (χ4n) is 5.53. The van der Waals surface area contributed by atoms with E-state index >= 15 is 0 Å². The van der Waals surface area contributed by atoms with Crippen LogP contribution >= 0.6 is 0 Å². The predicted molar refractivity (Wildman–Crippen MR) is 151 cm³/mol. The van der Waals surface area contributed by atoms with Crippen molar-refractivity contribution in [2.45, 2.75) is 18.9 Å². The number of benzene rings is 3. The van der Waals surface area contributed by atoms with Gasteiger partial charge in [0, 0.05) is 50.3 Å². The number of carbonyl (C=O) groups excluding carboxylic acids is 1. The Labute approximate surface area is 224 Å². The van der Waals surface area contributed by atoms with Crippen molar-refractivity contribution >= 4 is 11.7 Å². The Balaban J connectivity index is 1.37. The Kier molecular flexibility index (Phi) is 6.88. The molecule has 0 aliphatic carbocycles. The van der Waals surface area contributed by atoms with E-state index in [-0.39, 0.29) is 11.8 Å².